The Hall–Kier alpha value is -2.22. The minimum absolute atomic E-state index is 0.00526. The van der Waals surface area contributed by atoms with Gasteiger partial charge in [0, 0.05) is 15.6 Å². The minimum atomic E-state index is 0.00526. The van der Waals surface area contributed by atoms with Gasteiger partial charge in [-0.25, -0.2) is 4.98 Å². The van der Waals surface area contributed by atoms with Crippen molar-refractivity contribution in [2.45, 2.75) is 17.9 Å². The molecule has 1 amide bonds. The molecule has 4 rings (SSSR count). The van der Waals surface area contributed by atoms with Gasteiger partial charge >= 0.3 is 0 Å². The first kappa shape index (κ1) is 20.1. The van der Waals surface area contributed by atoms with Crippen LogP contribution in [0, 0.1) is 0 Å². The molecular formula is C22H18BrN3OS2. The van der Waals surface area contributed by atoms with Crippen LogP contribution in [0.3, 0.4) is 0 Å². The van der Waals surface area contributed by atoms with Crippen molar-refractivity contribution >= 4 is 60.3 Å². The Bertz CT molecular complexity index is 1130. The van der Waals surface area contributed by atoms with E-state index in [9.17, 15) is 4.79 Å². The van der Waals surface area contributed by atoms with Crippen LogP contribution in [-0.4, -0.2) is 22.1 Å². The number of carbonyl (C=O) groups excluding carboxylic acids is 1. The predicted molar refractivity (Wildman–Crippen MR) is 125 cm³/mol. The fourth-order valence-corrected chi connectivity index (χ4v) is 4.87. The second-order valence-electron chi connectivity index (χ2n) is 6.43. The summed E-state index contributed by atoms with van der Waals surface area (Å²) >= 11 is 6.71. The number of anilines is 1. The van der Waals surface area contributed by atoms with Crippen LogP contribution < -0.4 is 4.90 Å². The van der Waals surface area contributed by atoms with E-state index in [2.05, 4.69) is 20.9 Å². The van der Waals surface area contributed by atoms with Gasteiger partial charge < -0.3 is 0 Å². The third-order valence-electron chi connectivity index (χ3n) is 4.43. The number of halogens is 1. The second kappa shape index (κ2) is 9.07. The van der Waals surface area contributed by atoms with Gasteiger partial charge in [0.05, 0.1) is 28.9 Å². The SMILES string of the molecule is CSc1ccc(CC(=O)N(Cc2ccccn2)c2nc3ccc(Br)cc3s2)cc1. The maximum atomic E-state index is 13.3. The number of benzene rings is 2. The molecule has 0 unspecified atom stereocenters. The van der Waals surface area contributed by atoms with Gasteiger partial charge in [-0.3, -0.25) is 14.7 Å². The molecule has 146 valence electrons. The monoisotopic (exact) mass is 483 g/mol. The molecule has 0 aliphatic rings. The molecule has 0 atom stereocenters. The molecule has 2 heterocycles. The van der Waals surface area contributed by atoms with Gasteiger partial charge in [-0.1, -0.05) is 45.5 Å². The lowest BCUT2D eigenvalue weighted by atomic mass is 10.1. The Kier molecular flexibility index (Phi) is 6.28. The van der Waals surface area contributed by atoms with Crippen LogP contribution in [0.15, 0.2) is 76.2 Å². The zero-order valence-corrected chi connectivity index (χ0v) is 18.9. The highest BCUT2D eigenvalue weighted by Gasteiger charge is 2.21. The molecule has 0 saturated heterocycles. The number of fused-ring (bicyclic) bond motifs is 1. The van der Waals surface area contributed by atoms with Crippen LogP contribution in [0.25, 0.3) is 10.2 Å². The average molecular weight is 484 g/mol. The number of nitrogens with zero attached hydrogens (tertiary/aromatic N) is 3. The van der Waals surface area contributed by atoms with Gasteiger partial charge in [0.2, 0.25) is 5.91 Å². The Morgan fingerprint density at radius 2 is 1.97 bits per heavy atom. The van der Waals surface area contributed by atoms with Crippen molar-refractivity contribution in [2.75, 3.05) is 11.2 Å². The van der Waals surface area contributed by atoms with Gasteiger partial charge in [-0.2, -0.15) is 0 Å². The van der Waals surface area contributed by atoms with E-state index in [1.807, 2.05) is 66.9 Å². The van der Waals surface area contributed by atoms with E-state index in [-0.39, 0.29) is 5.91 Å². The summed E-state index contributed by atoms with van der Waals surface area (Å²) in [5.41, 5.74) is 2.71. The highest BCUT2D eigenvalue weighted by Crippen LogP contribution is 2.32. The number of thiazole rings is 1. The van der Waals surface area contributed by atoms with Gasteiger partial charge in [0.25, 0.3) is 0 Å². The molecule has 7 heteroatoms. The predicted octanol–water partition coefficient (Wildman–Crippen LogP) is 5.95. The van der Waals surface area contributed by atoms with Gasteiger partial charge in [-0.05, 0) is 54.3 Å². The number of amides is 1. The van der Waals surface area contributed by atoms with E-state index in [1.165, 1.54) is 16.2 Å². The van der Waals surface area contributed by atoms with E-state index in [1.54, 1.807) is 22.9 Å². The summed E-state index contributed by atoms with van der Waals surface area (Å²) in [5, 5.41) is 0.689. The first-order chi connectivity index (χ1) is 14.1. The Balaban J connectivity index is 1.65. The Morgan fingerprint density at radius 1 is 1.14 bits per heavy atom. The molecule has 2 aromatic heterocycles. The van der Waals surface area contributed by atoms with Crippen LogP contribution in [0.1, 0.15) is 11.3 Å². The summed E-state index contributed by atoms with van der Waals surface area (Å²) in [5.74, 6) is 0.00526. The smallest absolute Gasteiger partial charge is 0.233 e. The molecule has 0 aliphatic carbocycles. The standard InChI is InChI=1S/C22H18BrN3OS2/c1-28-18-8-5-15(6-9-18)12-21(27)26(14-17-4-2-3-11-24-17)22-25-19-10-7-16(23)13-20(19)29-22/h2-11,13H,12,14H2,1H3. The molecule has 29 heavy (non-hydrogen) atoms. The summed E-state index contributed by atoms with van der Waals surface area (Å²) in [6, 6.07) is 19.8. The quantitative estimate of drug-likeness (QED) is 0.317. The molecule has 0 fully saturated rings. The van der Waals surface area contributed by atoms with Gasteiger partial charge in [0.15, 0.2) is 5.13 Å². The number of pyridine rings is 1. The molecule has 0 aliphatic heterocycles. The molecule has 4 nitrogen and oxygen atoms in total. The number of hydrogen-bond donors (Lipinski definition) is 0. The van der Waals surface area contributed by atoms with Crippen molar-refractivity contribution in [1.82, 2.24) is 9.97 Å². The largest absolute Gasteiger partial charge is 0.282 e. The number of carbonyl (C=O) groups is 1. The summed E-state index contributed by atoms with van der Waals surface area (Å²) in [6.45, 7) is 0.392. The lowest BCUT2D eigenvalue weighted by Crippen LogP contribution is -2.32. The fourth-order valence-electron chi connectivity index (χ4n) is 2.93. The van der Waals surface area contributed by atoms with Crippen LogP contribution >= 0.6 is 39.0 Å². The van der Waals surface area contributed by atoms with E-state index < -0.39 is 0 Å². The average Bonchev–Trinajstić information content (AvgIpc) is 3.16. The summed E-state index contributed by atoms with van der Waals surface area (Å²) in [7, 11) is 0. The van der Waals surface area contributed by atoms with Crippen molar-refractivity contribution in [3.63, 3.8) is 0 Å². The molecule has 0 spiro atoms. The highest BCUT2D eigenvalue weighted by molar-refractivity contribution is 9.10. The van der Waals surface area contributed by atoms with E-state index in [4.69, 9.17) is 4.98 Å². The first-order valence-electron chi connectivity index (χ1n) is 9.01. The Labute approximate surface area is 186 Å². The molecule has 0 N–H and O–H groups in total. The summed E-state index contributed by atoms with van der Waals surface area (Å²) in [4.78, 5) is 25.3. The summed E-state index contributed by atoms with van der Waals surface area (Å²) < 4.78 is 2.04. The number of rotatable bonds is 6. The number of aromatic nitrogens is 2. The van der Waals surface area contributed by atoms with Crippen molar-refractivity contribution in [2.24, 2.45) is 0 Å². The summed E-state index contributed by atoms with van der Waals surface area (Å²) in [6.07, 6.45) is 4.11. The topological polar surface area (TPSA) is 46.1 Å². The van der Waals surface area contributed by atoms with Crippen LogP contribution in [0.4, 0.5) is 5.13 Å². The number of thioether (sulfide) groups is 1. The number of hydrogen-bond acceptors (Lipinski definition) is 5. The van der Waals surface area contributed by atoms with E-state index in [0.29, 0.717) is 18.1 Å². The maximum Gasteiger partial charge on any atom is 0.233 e. The highest BCUT2D eigenvalue weighted by atomic mass is 79.9. The molecule has 4 aromatic rings. The maximum absolute atomic E-state index is 13.3. The first-order valence-corrected chi connectivity index (χ1v) is 11.8. The van der Waals surface area contributed by atoms with Crippen molar-refractivity contribution in [3.8, 4) is 0 Å². The zero-order chi connectivity index (χ0) is 20.2. The van der Waals surface area contributed by atoms with Crippen LogP contribution in [0.5, 0.6) is 0 Å². The Morgan fingerprint density at radius 3 is 2.69 bits per heavy atom. The molecule has 0 radical (unpaired) electrons. The third kappa shape index (κ3) is 4.86. The molecule has 0 saturated carbocycles. The van der Waals surface area contributed by atoms with E-state index in [0.717, 1.165) is 25.9 Å². The second-order valence-corrected chi connectivity index (χ2v) is 9.24. The molecule has 0 bridgehead atoms. The van der Waals surface area contributed by atoms with Crippen molar-refractivity contribution in [3.05, 3.63) is 82.6 Å². The zero-order valence-electron chi connectivity index (χ0n) is 15.7. The van der Waals surface area contributed by atoms with Gasteiger partial charge in [0.1, 0.15) is 0 Å². The van der Waals surface area contributed by atoms with Crippen molar-refractivity contribution in [1.29, 1.82) is 0 Å². The van der Waals surface area contributed by atoms with E-state index >= 15 is 0 Å². The minimum Gasteiger partial charge on any atom is -0.282 e. The molecule has 2 aromatic carbocycles. The fraction of sp³-hybridized carbons (Fsp3) is 0.136. The lowest BCUT2D eigenvalue weighted by molar-refractivity contribution is -0.118. The van der Waals surface area contributed by atoms with Crippen LogP contribution in [0.2, 0.25) is 0 Å². The lowest BCUT2D eigenvalue weighted by Gasteiger charge is -2.19. The van der Waals surface area contributed by atoms with Crippen molar-refractivity contribution < 1.29 is 4.79 Å². The normalized spacial score (nSPS) is 11.0. The van der Waals surface area contributed by atoms with Crippen LogP contribution in [-0.2, 0) is 17.8 Å². The molecular weight excluding hydrogens is 466 g/mol. The third-order valence-corrected chi connectivity index (χ3v) is 6.71. The van der Waals surface area contributed by atoms with Gasteiger partial charge in [-0.15, -0.1) is 11.8 Å².